The van der Waals surface area contributed by atoms with E-state index in [2.05, 4.69) is 38.7 Å². The van der Waals surface area contributed by atoms with Gasteiger partial charge in [0.15, 0.2) is 0 Å². The number of nitrogens with zero attached hydrogens (tertiary/aromatic N) is 2. The molecule has 0 bridgehead atoms. The van der Waals surface area contributed by atoms with E-state index in [0.717, 1.165) is 37.1 Å². The molecule has 2 heteroatoms. The van der Waals surface area contributed by atoms with Gasteiger partial charge in [-0.25, -0.2) is 0 Å². The molecule has 0 aromatic carbocycles. The van der Waals surface area contributed by atoms with Crippen molar-refractivity contribution in [2.75, 3.05) is 0 Å². The van der Waals surface area contributed by atoms with E-state index in [1.807, 2.05) is 18.3 Å². The lowest BCUT2D eigenvalue weighted by atomic mass is 9.91. The fourth-order valence-corrected chi connectivity index (χ4v) is 3.00. The van der Waals surface area contributed by atoms with Crippen LogP contribution in [0.15, 0.2) is 24.4 Å². The standard InChI is InChI=1S/C18H24N2/c1-5-13-14(6-2)16(8-4)20-18(15(13)7-3)17-11-9-10-12-19-17/h9-12H,5-8H2,1-4H3. The van der Waals surface area contributed by atoms with Gasteiger partial charge >= 0.3 is 0 Å². The van der Waals surface area contributed by atoms with Crippen LogP contribution in [0.3, 0.4) is 0 Å². The summed E-state index contributed by atoms with van der Waals surface area (Å²) in [6.45, 7) is 8.88. The molecule has 2 heterocycles. The van der Waals surface area contributed by atoms with Gasteiger partial charge in [-0.2, -0.15) is 0 Å². The van der Waals surface area contributed by atoms with Gasteiger partial charge in [0, 0.05) is 11.9 Å². The van der Waals surface area contributed by atoms with Gasteiger partial charge in [0.25, 0.3) is 0 Å². The van der Waals surface area contributed by atoms with Crippen LogP contribution in [0.25, 0.3) is 11.4 Å². The second-order valence-corrected chi connectivity index (χ2v) is 4.97. The van der Waals surface area contributed by atoms with E-state index in [9.17, 15) is 0 Å². The summed E-state index contributed by atoms with van der Waals surface area (Å²) in [4.78, 5) is 9.45. The number of pyridine rings is 2. The minimum absolute atomic E-state index is 0.986. The summed E-state index contributed by atoms with van der Waals surface area (Å²) in [5.41, 5.74) is 7.63. The first-order chi connectivity index (χ1) is 9.76. The Bertz CT molecular complexity index is 574. The highest BCUT2D eigenvalue weighted by Gasteiger charge is 2.17. The van der Waals surface area contributed by atoms with Gasteiger partial charge in [-0.1, -0.05) is 33.8 Å². The summed E-state index contributed by atoms with van der Waals surface area (Å²) in [6.07, 6.45) is 5.98. The topological polar surface area (TPSA) is 25.8 Å². The summed E-state index contributed by atoms with van der Waals surface area (Å²) in [5, 5.41) is 0. The van der Waals surface area contributed by atoms with Gasteiger partial charge in [-0.05, 0) is 54.5 Å². The van der Waals surface area contributed by atoms with E-state index >= 15 is 0 Å². The van der Waals surface area contributed by atoms with Crippen LogP contribution in [0.1, 0.15) is 50.1 Å². The maximum absolute atomic E-state index is 4.95. The van der Waals surface area contributed by atoms with Crippen molar-refractivity contribution in [3.63, 3.8) is 0 Å². The Labute approximate surface area is 122 Å². The molecule has 2 rings (SSSR count). The Hall–Kier alpha value is -1.70. The molecule has 0 saturated heterocycles. The molecule has 0 radical (unpaired) electrons. The predicted molar refractivity (Wildman–Crippen MR) is 85.0 cm³/mol. The molecule has 2 nitrogen and oxygen atoms in total. The lowest BCUT2D eigenvalue weighted by Crippen LogP contribution is -2.08. The fraction of sp³-hybridized carbons (Fsp3) is 0.444. The minimum Gasteiger partial charge on any atom is -0.255 e. The van der Waals surface area contributed by atoms with Crippen molar-refractivity contribution in [3.05, 3.63) is 46.8 Å². The highest BCUT2D eigenvalue weighted by Crippen LogP contribution is 2.29. The van der Waals surface area contributed by atoms with Crippen molar-refractivity contribution in [1.82, 2.24) is 9.97 Å². The largest absolute Gasteiger partial charge is 0.255 e. The van der Waals surface area contributed by atoms with Gasteiger partial charge in [0.2, 0.25) is 0 Å². The molecule has 0 saturated carbocycles. The van der Waals surface area contributed by atoms with Crippen LogP contribution in [0, 0.1) is 0 Å². The summed E-state index contributed by atoms with van der Waals surface area (Å²) in [6, 6.07) is 6.05. The molecule has 2 aromatic heterocycles. The van der Waals surface area contributed by atoms with E-state index in [0.29, 0.717) is 0 Å². The van der Waals surface area contributed by atoms with Crippen LogP contribution >= 0.6 is 0 Å². The molecular weight excluding hydrogens is 244 g/mol. The molecule has 0 aliphatic heterocycles. The van der Waals surface area contributed by atoms with Gasteiger partial charge in [0.1, 0.15) is 0 Å². The molecule has 0 fully saturated rings. The Balaban J connectivity index is 2.74. The van der Waals surface area contributed by atoms with E-state index in [1.165, 1.54) is 22.4 Å². The highest BCUT2D eigenvalue weighted by molar-refractivity contribution is 5.63. The van der Waals surface area contributed by atoms with Crippen molar-refractivity contribution >= 4 is 0 Å². The number of hydrogen-bond donors (Lipinski definition) is 0. The molecule has 0 unspecified atom stereocenters. The minimum atomic E-state index is 0.986. The Morgan fingerprint density at radius 1 is 0.800 bits per heavy atom. The SMILES string of the molecule is CCc1nc(-c2ccccn2)c(CC)c(CC)c1CC. The van der Waals surface area contributed by atoms with Crippen LogP contribution < -0.4 is 0 Å². The Morgan fingerprint density at radius 2 is 1.50 bits per heavy atom. The maximum atomic E-state index is 4.95. The molecule has 0 aliphatic carbocycles. The average molecular weight is 268 g/mol. The molecule has 0 spiro atoms. The van der Waals surface area contributed by atoms with Crippen molar-refractivity contribution in [2.24, 2.45) is 0 Å². The van der Waals surface area contributed by atoms with Crippen molar-refractivity contribution in [2.45, 2.75) is 53.4 Å². The van der Waals surface area contributed by atoms with Gasteiger partial charge in [-0.15, -0.1) is 0 Å². The molecular formula is C18H24N2. The quantitative estimate of drug-likeness (QED) is 0.803. The summed E-state index contributed by atoms with van der Waals surface area (Å²) >= 11 is 0. The van der Waals surface area contributed by atoms with E-state index in [-0.39, 0.29) is 0 Å². The van der Waals surface area contributed by atoms with E-state index in [4.69, 9.17) is 4.98 Å². The third kappa shape index (κ3) is 2.60. The lowest BCUT2D eigenvalue weighted by Gasteiger charge is -2.19. The molecule has 0 atom stereocenters. The van der Waals surface area contributed by atoms with Gasteiger partial charge < -0.3 is 0 Å². The summed E-state index contributed by atoms with van der Waals surface area (Å²) in [5.74, 6) is 0. The van der Waals surface area contributed by atoms with Crippen molar-refractivity contribution < 1.29 is 0 Å². The number of rotatable bonds is 5. The normalized spacial score (nSPS) is 10.8. The monoisotopic (exact) mass is 268 g/mol. The van der Waals surface area contributed by atoms with Gasteiger partial charge in [-0.3, -0.25) is 9.97 Å². The van der Waals surface area contributed by atoms with Crippen molar-refractivity contribution in [1.29, 1.82) is 0 Å². The smallest absolute Gasteiger partial charge is 0.0924 e. The average Bonchev–Trinajstić information content (AvgIpc) is 2.53. The molecule has 20 heavy (non-hydrogen) atoms. The zero-order valence-electron chi connectivity index (χ0n) is 13.0. The third-order valence-electron chi connectivity index (χ3n) is 3.91. The maximum Gasteiger partial charge on any atom is 0.0924 e. The molecule has 2 aromatic rings. The lowest BCUT2D eigenvalue weighted by molar-refractivity contribution is 0.896. The first-order valence-electron chi connectivity index (χ1n) is 7.71. The first-order valence-corrected chi connectivity index (χ1v) is 7.71. The number of aryl methyl sites for hydroxylation is 1. The number of aromatic nitrogens is 2. The Kier molecular flexibility index (Phi) is 4.89. The van der Waals surface area contributed by atoms with Crippen LogP contribution in [0.4, 0.5) is 0 Å². The Morgan fingerprint density at radius 3 is 2.00 bits per heavy atom. The molecule has 0 amide bonds. The zero-order valence-corrected chi connectivity index (χ0v) is 13.0. The second-order valence-electron chi connectivity index (χ2n) is 4.97. The molecule has 0 N–H and O–H groups in total. The molecule has 0 aliphatic rings. The molecule has 106 valence electrons. The fourth-order valence-electron chi connectivity index (χ4n) is 3.00. The van der Waals surface area contributed by atoms with Crippen LogP contribution in [0.2, 0.25) is 0 Å². The van der Waals surface area contributed by atoms with Crippen molar-refractivity contribution in [3.8, 4) is 11.4 Å². The first kappa shape index (κ1) is 14.7. The van der Waals surface area contributed by atoms with Gasteiger partial charge in [0.05, 0.1) is 11.4 Å². The zero-order chi connectivity index (χ0) is 14.5. The van der Waals surface area contributed by atoms with Crippen LogP contribution in [-0.4, -0.2) is 9.97 Å². The highest BCUT2D eigenvalue weighted by atomic mass is 14.8. The summed E-state index contributed by atoms with van der Waals surface area (Å²) in [7, 11) is 0. The van der Waals surface area contributed by atoms with E-state index < -0.39 is 0 Å². The van der Waals surface area contributed by atoms with Crippen LogP contribution in [-0.2, 0) is 25.7 Å². The number of hydrogen-bond acceptors (Lipinski definition) is 2. The summed E-state index contributed by atoms with van der Waals surface area (Å²) < 4.78 is 0. The third-order valence-corrected chi connectivity index (χ3v) is 3.91. The second kappa shape index (κ2) is 6.65. The van der Waals surface area contributed by atoms with E-state index in [1.54, 1.807) is 0 Å². The predicted octanol–water partition coefficient (Wildman–Crippen LogP) is 4.39. The van der Waals surface area contributed by atoms with Crippen LogP contribution in [0.5, 0.6) is 0 Å².